The second-order valence-electron chi connectivity index (χ2n) is 4.56. The number of hydrogen-bond acceptors (Lipinski definition) is 4. The highest BCUT2D eigenvalue weighted by Crippen LogP contribution is 2.26. The zero-order valence-corrected chi connectivity index (χ0v) is 10.7. The molecule has 1 fully saturated rings. The van der Waals surface area contributed by atoms with Crippen LogP contribution in [-0.2, 0) is 0 Å². The molecule has 6 heteroatoms. The van der Waals surface area contributed by atoms with Gasteiger partial charge < -0.3 is 4.74 Å². The van der Waals surface area contributed by atoms with E-state index in [1.54, 1.807) is 0 Å². The van der Waals surface area contributed by atoms with Crippen LogP contribution in [0, 0.1) is 16.0 Å². The number of pyridine rings is 1. The molecule has 0 radical (unpaired) electrons. The summed E-state index contributed by atoms with van der Waals surface area (Å²) < 4.78 is 5.52. The average Bonchev–Trinajstić information content (AvgIpc) is 2.37. The highest BCUT2D eigenvalue weighted by atomic mass is 35.5. The summed E-state index contributed by atoms with van der Waals surface area (Å²) in [6, 6.07) is 2.53. The van der Waals surface area contributed by atoms with Crippen LogP contribution in [-0.4, -0.2) is 16.5 Å². The molecule has 0 spiro atoms. The molecule has 0 aliphatic heterocycles. The number of aromatic nitrogens is 1. The van der Waals surface area contributed by atoms with Crippen LogP contribution in [0.5, 0.6) is 5.88 Å². The van der Waals surface area contributed by atoms with Gasteiger partial charge in [-0.1, -0.05) is 30.9 Å². The van der Waals surface area contributed by atoms with Gasteiger partial charge >= 0.3 is 0 Å². The predicted molar refractivity (Wildman–Crippen MR) is 68.0 cm³/mol. The zero-order valence-electron chi connectivity index (χ0n) is 9.97. The van der Waals surface area contributed by atoms with Gasteiger partial charge in [0.1, 0.15) is 5.15 Å². The monoisotopic (exact) mass is 270 g/mol. The highest BCUT2D eigenvalue weighted by Gasteiger charge is 2.16. The van der Waals surface area contributed by atoms with Gasteiger partial charge in [-0.25, -0.2) is 4.98 Å². The molecule has 98 valence electrons. The third kappa shape index (κ3) is 3.57. The van der Waals surface area contributed by atoms with Crippen molar-refractivity contribution < 1.29 is 9.66 Å². The lowest BCUT2D eigenvalue weighted by atomic mass is 9.90. The molecule has 0 aromatic carbocycles. The van der Waals surface area contributed by atoms with Crippen molar-refractivity contribution in [3.63, 3.8) is 0 Å². The van der Waals surface area contributed by atoms with Gasteiger partial charge in [0.15, 0.2) is 0 Å². The average molecular weight is 271 g/mol. The first-order valence-electron chi connectivity index (χ1n) is 6.10. The van der Waals surface area contributed by atoms with Gasteiger partial charge in [0.2, 0.25) is 5.88 Å². The smallest absolute Gasteiger partial charge is 0.277 e. The lowest BCUT2D eigenvalue weighted by molar-refractivity contribution is -0.385. The van der Waals surface area contributed by atoms with Crippen molar-refractivity contribution in [3.8, 4) is 5.88 Å². The Balaban J connectivity index is 1.97. The first-order valence-corrected chi connectivity index (χ1v) is 6.48. The first-order chi connectivity index (χ1) is 8.65. The van der Waals surface area contributed by atoms with Crippen LogP contribution in [0.25, 0.3) is 0 Å². The fourth-order valence-corrected chi connectivity index (χ4v) is 2.39. The Kier molecular flexibility index (Phi) is 4.36. The van der Waals surface area contributed by atoms with E-state index in [9.17, 15) is 10.1 Å². The normalized spacial score (nSPS) is 16.5. The summed E-state index contributed by atoms with van der Waals surface area (Å²) in [4.78, 5) is 14.1. The predicted octanol–water partition coefficient (Wildman–Crippen LogP) is 3.60. The minimum atomic E-state index is -0.499. The Morgan fingerprint density at radius 2 is 2.11 bits per heavy atom. The van der Waals surface area contributed by atoms with E-state index in [0.29, 0.717) is 12.5 Å². The van der Waals surface area contributed by atoms with Gasteiger partial charge in [-0.2, -0.15) is 0 Å². The van der Waals surface area contributed by atoms with E-state index in [0.717, 1.165) is 12.8 Å². The van der Waals surface area contributed by atoms with E-state index in [1.807, 2.05) is 0 Å². The minimum Gasteiger partial charge on any atom is -0.477 e. The third-order valence-corrected chi connectivity index (χ3v) is 3.35. The molecular formula is C12H15ClN2O3. The molecule has 1 saturated carbocycles. The number of rotatable bonds is 4. The van der Waals surface area contributed by atoms with E-state index in [2.05, 4.69) is 4.98 Å². The van der Waals surface area contributed by atoms with Gasteiger partial charge in [-0.15, -0.1) is 0 Å². The molecule has 2 rings (SSSR count). The number of ether oxygens (including phenoxy) is 1. The molecular weight excluding hydrogens is 256 g/mol. The van der Waals surface area contributed by atoms with Crippen LogP contribution >= 0.6 is 11.6 Å². The van der Waals surface area contributed by atoms with Crippen molar-refractivity contribution in [3.05, 3.63) is 27.4 Å². The topological polar surface area (TPSA) is 65.3 Å². The van der Waals surface area contributed by atoms with Gasteiger partial charge in [-0.05, 0) is 18.8 Å². The largest absolute Gasteiger partial charge is 0.477 e. The summed E-state index contributed by atoms with van der Waals surface area (Å²) in [5.41, 5.74) is -0.0892. The molecule has 1 heterocycles. The quantitative estimate of drug-likeness (QED) is 0.476. The molecule has 1 aliphatic rings. The van der Waals surface area contributed by atoms with E-state index in [4.69, 9.17) is 16.3 Å². The van der Waals surface area contributed by atoms with E-state index in [-0.39, 0.29) is 16.7 Å². The lowest BCUT2D eigenvalue weighted by Crippen LogP contribution is -2.15. The Bertz CT molecular complexity index is 433. The third-order valence-electron chi connectivity index (χ3n) is 3.16. The molecule has 5 nitrogen and oxygen atoms in total. The molecule has 0 bridgehead atoms. The number of halogens is 1. The number of nitrogens with zero attached hydrogens (tertiary/aromatic N) is 2. The summed E-state index contributed by atoms with van der Waals surface area (Å²) in [5, 5.41) is 10.8. The Labute approximate surface area is 110 Å². The number of hydrogen-bond donors (Lipinski definition) is 0. The maximum Gasteiger partial charge on any atom is 0.277 e. The van der Waals surface area contributed by atoms with Crippen molar-refractivity contribution >= 4 is 17.3 Å². The van der Waals surface area contributed by atoms with Crippen LogP contribution in [0.4, 0.5) is 5.69 Å². The van der Waals surface area contributed by atoms with E-state index >= 15 is 0 Å². The number of nitro groups is 1. The van der Waals surface area contributed by atoms with Crippen molar-refractivity contribution in [2.45, 2.75) is 32.1 Å². The molecule has 1 aromatic rings. The van der Waals surface area contributed by atoms with E-state index in [1.165, 1.54) is 31.4 Å². The van der Waals surface area contributed by atoms with Crippen molar-refractivity contribution in [1.29, 1.82) is 0 Å². The molecule has 0 atom stereocenters. The maximum atomic E-state index is 10.7. The van der Waals surface area contributed by atoms with Gasteiger partial charge in [0, 0.05) is 0 Å². The molecule has 18 heavy (non-hydrogen) atoms. The standard InChI is InChI=1S/C12H15ClN2O3/c13-11-6-10(15(16)17)7-12(14-11)18-8-9-4-2-1-3-5-9/h6-7,9H,1-5,8H2. The summed E-state index contributed by atoms with van der Waals surface area (Å²) in [7, 11) is 0. The summed E-state index contributed by atoms with van der Waals surface area (Å²) in [6.07, 6.45) is 6.07. The van der Waals surface area contributed by atoms with Gasteiger partial charge in [0.05, 0.1) is 23.7 Å². The fourth-order valence-electron chi connectivity index (χ4n) is 2.20. The Hall–Kier alpha value is -1.36. The Morgan fingerprint density at radius 1 is 1.39 bits per heavy atom. The lowest BCUT2D eigenvalue weighted by Gasteiger charge is -2.21. The van der Waals surface area contributed by atoms with Crippen LogP contribution in [0.3, 0.4) is 0 Å². The minimum absolute atomic E-state index is 0.0860. The van der Waals surface area contributed by atoms with Crippen LogP contribution < -0.4 is 4.74 Å². The van der Waals surface area contributed by atoms with Crippen molar-refractivity contribution in [2.75, 3.05) is 6.61 Å². The SMILES string of the molecule is O=[N+]([O-])c1cc(Cl)nc(OCC2CCCCC2)c1. The summed E-state index contributed by atoms with van der Waals surface area (Å²) in [6.45, 7) is 0.560. The highest BCUT2D eigenvalue weighted by molar-refractivity contribution is 6.29. The fraction of sp³-hybridized carbons (Fsp3) is 0.583. The summed E-state index contributed by atoms with van der Waals surface area (Å²) >= 11 is 5.72. The molecule has 0 saturated heterocycles. The van der Waals surface area contributed by atoms with Crippen molar-refractivity contribution in [1.82, 2.24) is 4.98 Å². The molecule has 0 unspecified atom stereocenters. The van der Waals surface area contributed by atoms with Crippen LogP contribution in [0.2, 0.25) is 5.15 Å². The second kappa shape index (κ2) is 6.00. The molecule has 0 amide bonds. The van der Waals surface area contributed by atoms with Crippen LogP contribution in [0.15, 0.2) is 12.1 Å². The molecule has 1 aromatic heterocycles. The molecule has 0 N–H and O–H groups in total. The van der Waals surface area contributed by atoms with Gasteiger partial charge in [-0.3, -0.25) is 10.1 Å². The van der Waals surface area contributed by atoms with Crippen LogP contribution in [0.1, 0.15) is 32.1 Å². The van der Waals surface area contributed by atoms with Gasteiger partial charge in [0.25, 0.3) is 5.69 Å². The zero-order chi connectivity index (χ0) is 13.0. The van der Waals surface area contributed by atoms with Crippen molar-refractivity contribution in [2.24, 2.45) is 5.92 Å². The second-order valence-corrected chi connectivity index (χ2v) is 4.95. The van der Waals surface area contributed by atoms with E-state index < -0.39 is 4.92 Å². The first kappa shape index (κ1) is 13.1. The molecule has 1 aliphatic carbocycles. The maximum absolute atomic E-state index is 10.7. The Morgan fingerprint density at radius 3 is 2.78 bits per heavy atom. The summed E-state index contributed by atoms with van der Waals surface area (Å²) in [5.74, 6) is 0.762.